The zero-order valence-corrected chi connectivity index (χ0v) is 15.1. The SMILES string of the molecule is Cc1ccc(-c2nnn(CC(=O)N[C@H](C)c3cc4ccccc4o3)n2)cc1. The van der Waals surface area contributed by atoms with Crippen LogP contribution in [0.3, 0.4) is 0 Å². The van der Waals surface area contributed by atoms with Crippen molar-refractivity contribution in [1.82, 2.24) is 25.5 Å². The van der Waals surface area contributed by atoms with Gasteiger partial charge in [0.1, 0.15) is 17.9 Å². The van der Waals surface area contributed by atoms with E-state index in [1.165, 1.54) is 4.80 Å². The van der Waals surface area contributed by atoms with E-state index in [4.69, 9.17) is 4.42 Å². The van der Waals surface area contributed by atoms with E-state index < -0.39 is 0 Å². The van der Waals surface area contributed by atoms with E-state index in [0.29, 0.717) is 11.6 Å². The standard InChI is InChI=1S/C20H19N5O2/c1-13-7-9-15(10-8-13)20-22-24-25(23-20)12-19(26)21-14(2)18-11-16-5-3-4-6-17(16)27-18/h3-11,14H,12H2,1-2H3,(H,21,26)/t14-/m1/s1. The van der Waals surface area contributed by atoms with Crippen LogP contribution in [0.25, 0.3) is 22.4 Å². The van der Waals surface area contributed by atoms with Gasteiger partial charge in [0.2, 0.25) is 11.7 Å². The number of fused-ring (bicyclic) bond motifs is 1. The first-order chi connectivity index (χ1) is 13.1. The number of amides is 1. The van der Waals surface area contributed by atoms with Gasteiger partial charge in [-0.1, -0.05) is 48.0 Å². The van der Waals surface area contributed by atoms with Gasteiger partial charge in [0, 0.05) is 10.9 Å². The summed E-state index contributed by atoms with van der Waals surface area (Å²) in [5.41, 5.74) is 2.82. The van der Waals surface area contributed by atoms with Crippen molar-refractivity contribution in [1.29, 1.82) is 0 Å². The molecule has 27 heavy (non-hydrogen) atoms. The monoisotopic (exact) mass is 361 g/mol. The van der Waals surface area contributed by atoms with Crippen LogP contribution < -0.4 is 5.32 Å². The van der Waals surface area contributed by atoms with Gasteiger partial charge in [0.25, 0.3) is 0 Å². The molecular weight excluding hydrogens is 342 g/mol. The van der Waals surface area contributed by atoms with Gasteiger partial charge < -0.3 is 9.73 Å². The highest BCUT2D eigenvalue weighted by molar-refractivity contribution is 5.79. The summed E-state index contributed by atoms with van der Waals surface area (Å²) >= 11 is 0. The summed E-state index contributed by atoms with van der Waals surface area (Å²) in [6.45, 7) is 3.88. The molecular formula is C20H19N5O2. The van der Waals surface area contributed by atoms with Gasteiger partial charge >= 0.3 is 0 Å². The number of carbonyl (C=O) groups is 1. The fourth-order valence-electron chi connectivity index (χ4n) is 2.83. The molecule has 0 aliphatic rings. The largest absolute Gasteiger partial charge is 0.459 e. The number of benzene rings is 2. The molecule has 0 aliphatic heterocycles. The number of rotatable bonds is 5. The number of para-hydroxylation sites is 1. The first-order valence-corrected chi connectivity index (χ1v) is 8.71. The predicted molar refractivity (Wildman–Crippen MR) is 101 cm³/mol. The molecule has 7 nitrogen and oxygen atoms in total. The summed E-state index contributed by atoms with van der Waals surface area (Å²) in [7, 11) is 0. The third kappa shape index (κ3) is 3.72. The molecule has 0 saturated carbocycles. The molecule has 0 bridgehead atoms. The summed E-state index contributed by atoms with van der Waals surface area (Å²) in [5.74, 6) is 0.986. The third-order valence-electron chi connectivity index (χ3n) is 4.30. The molecule has 4 rings (SSSR count). The molecule has 4 aromatic rings. The Labute approximate surface area is 156 Å². The Balaban J connectivity index is 1.41. The van der Waals surface area contributed by atoms with Crippen LogP contribution in [-0.4, -0.2) is 26.1 Å². The average molecular weight is 361 g/mol. The summed E-state index contributed by atoms with van der Waals surface area (Å²) < 4.78 is 5.79. The van der Waals surface area contributed by atoms with Crippen molar-refractivity contribution >= 4 is 16.9 Å². The predicted octanol–water partition coefficient (Wildman–Crippen LogP) is 3.27. The number of carbonyl (C=O) groups excluding carboxylic acids is 1. The van der Waals surface area contributed by atoms with Gasteiger partial charge in [0.05, 0.1) is 6.04 Å². The lowest BCUT2D eigenvalue weighted by Gasteiger charge is -2.10. The third-order valence-corrected chi connectivity index (χ3v) is 4.30. The second-order valence-corrected chi connectivity index (χ2v) is 6.49. The minimum absolute atomic E-state index is 0.0105. The van der Waals surface area contributed by atoms with Crippen molar-refractivity contribution in [2.45, 2.75) is 26.4 Å². The molecule has 1 N–H and O–H groups in total. The molecule has 136 valence electrons. The molecule has 7 heteroatoms. The number of hydrogen-bond acceptors (Lipinski definition) is 5. The van der Waals surface area contributed by atoms with Gasteiger partial charge in [-0.15, -0.1) is 10.2 Å². The summed E-state index contributed by atoms with van der Waals surface area (Å²) in [6, 6.07) is 17.3. The first-order valence-electron chi connectivity index (χ1n) is 8.71. The van der Waals surface area contributed by atoms with Crippen molar-refractivity contribution < 1.29 is 9.21 Å². The van der Waals surface area contributed by atoms with E-state index in [2.05, 4.69) is 20.7 Å². The van der Waals surface area contributed by atoms with Crippen molar-refractivity contribution in [3.8, 4) is 11.4 Å². The molecule has 2 aromatic carbocycles. The molecule has 0 saturated heterocycles. The highest BCUT2D eigenvalue weighted by Gasteiger charge is 2.15. The minimum Gasteiger partial charge on any atom is -0.459 e. The van der Waals surface area contributed by atoms with E-state index in [9.17, 15) is 4.79 Å². The zero-order chi connectivity index (χ0) is 18.8. The van der Waals surface area contributed by atoms with Crippen LogP contribution in [0.4, 0.5) is 0 Å². The second-order valence-electron chi connectivity index (χ2n) is 6.49. The van der Waals surface area contributed by atoms with Gasteiger partial charge in [-0.2, -0.15) is 4.80 Å². The normalized spacial score (nSPS) is 12.2. The van der Waals surface area contributed by atoms with Crippen molar-refractivity contribution in [2.24, 2.45) is 0 Å². The van der Waals surface area contributed by atoms with E-state index in [1.807, 2.05) is 68.4 Å². The zero-order valence-electron chi connectivity index (χ0n) is 15.1. The minimum atomic E-state index is -0.259. The Bertz CT molecular complexity index is 1050. The Morgan fingerprint density at radius 3 is 2.74 bits per heavy atom. The van der Waals surface area contributed by atoms with Crippen molar-refractivity contribution in [3.05, 3.63) is 65.9 Å². The van der Waals surface area contributed by atoms with E-state index in [1.54, 1.807) is 0 Å². The van der Waals surface area contributed by atoms with Crippen LogP contribution in [0.5, 0.6) is 0 Å². The molecule has 0 radical (unpaired) electrons. The smallest absolute Gasteiger partial charge is 0.244 e. The first kappa shape index (κ1) is 17.0. The number of nitrogens with one attached hydrogen (secondary N) is 1. The van der Waals surface area contributed by atoms with E-state index in [0.717, 1.165) is 22.1 Å². The van der Waals surface area contributed by atoms with Gasteiger partial charge in [-0.05, 0) is 31.2 Å². The summed E-state index contributed by atoms with van der Waals surface area (Å²) in [6.07, 6.45) is 0. The summed E-state index contributed by atoms with van der Waals surface area (Å²) in [4.78, 5) is 13.6. The molecule has 1 amide bonds. The quantitative estimate of drug-likeness (QED) is 0.590. The summed E-state index contributed by atoms with van der Waals surface area (Å²) in [5, 5.41) is 16.2. The number of tetrazole rings is 1. The Hall–Kier alpha value is -3.48. The van der Waals surface area contributed by atoms with Crippen LogP contribution in [-0.2, 0) is 11.3 Å². The molecule has 0 fully saturated rings. The van der Waals surface area contributed by atoms with Crippen LogP contribution in [0, 0.1) is 6.92 Å². The molecule has 0 spiro atoms. The van der Waals surface area contributed by atoms with Gasteiger partial charge in [-0.3, -0.25) is 4.79 Å². The van der Waals surface area contributed by atoms with Crippen LogP contribution in [0.2, 0.25) is 0 Å². The highest BCUT2D eigenvalue weighted by Crippen LogP contribution is 2.23. The van der Waals surface area contributed by atoms with E-state index in [-0.39, 0.29) is 18.5 Å². The van der Waals surface area contributed by atoms with Gasteiger partial charge in [-0.25, -0.2) is 0 Å². The molecule has 0 aliphatic carbocycles. The maximum atomic E-state index is 12.3. The van der Waals surface area contributed by atoms with E-state index >= 15 is 0 Å². The maximum absolute atomic E-state index is 12.3. The average Bonchev–Trinajstić information content (AvgIpc) is 3.29. The lowest BCUT2D eigenvalue weighted by molar-refractivity contribution is -0.122. The fraction of sp³-hybridized carbons (Fsp3) is 0.200. The highest BCUT2D eigenvalue weighted by atomic mass is 16.3. The van der Waals surface area contributed by atoms with Gasteiger partial charge in [0.15, 0.2) is 0 Å². The maximum Gasteiger partial charge on any atom is 0.244 e. The topological polar surface area (TPSA) is 85.8 Å². The van der Waals surface area contributed by atoms with Crippen LogP contribution >= 0.6 is 0 Å². The number of aromatic nitrogens is 4. The van der Waals surface area contributed by atoms with Crippen LogP contribution in [0.15, 0.2) is 59.0 Å². The van der Waals surface area contributed by atoms with Crippen molar-refractivity contribution in [2.75, 3.05) is 0 Å². The lowest BCUT2D eigenvalue weighted by atomic mass is 10.1. The molecule has 0 unspecified atom stereocenters. The molecule has 2 aromatic heterocycles. The Morgan fingerprint density at radius 1 is 1.19 bits per heavy atom. The second kappa shape index (κ2) is 7.03. The van der Waals surface area contributed by atoms with Crippen LogP contribution in [0.1, 0.15) is 24.3 Å². The lowest BCUT2D eigenvalue weighted by Crippen LogP contribution is -2.30. The molecule has 1 atom stereocenters. The Morgan fingerprint density at radius 2 is 1.96 bits per heavy atom. The molecule has 2 heterocycles. The number of nitrogens with zero attached hydrogens (tertiary/aromatic N) is 4. The number of furan rings is 1. The van der Waals surface area contributed by atoms with Crippen molar-refractivity contribution in [3.63, 3.8) is 0 Å². The number of hydrogen-bond donors (Lipinski definition) is 1. The Kier molecular flexibility index (Phi) is 4.42. The number of aryl methyl sites for hydroxylation is 1. The fourth-order valence-corrected chi connectivity index (χ4v) is 2.83.